The highest BCUT2D eigenvalue weighted by Crippen LogP contribution is 2.34. The molecule has 0 heterocycles. The van der Waals surface area contributed by atoms with Crippen molar-refractivity contribution in [2.24, 2.45) is 11.8 Å². The van der Waals surface area contributed by atoms with Crippen LogP contribution < -0.4 is 5.32 Å². The summed E-state index contributed by atoms with van der Waals surface area (Å²) in [6, 6.07) is 5.02. The van der Waals surface area contributed by atoms with Crippen molar-refractivity contribution in [3.63, 3.8) is 0 Å². The Kier molecular flexibility index (Phi) is 5.24. The molecule has 1 aromatic rings. The highest BCUT2D eigenvalue weighted by molar-refractivity contribution is 6.33. The lowest BCUT2D eigenvalue weighted by Gasteiger charge is -2.28. The van der Waals surface area contributed by atoms with E-state index in [-0.39, 0.29) is 10.7 Å². The lowest BCUT2D eigenvalue weighted by molar-refractivity contribution is -0.383. The van der Waals surface area contributed by atoms with Crippen molar-refractivity contribution in [3.8, 4) is 0 Å². The molecule has 20 heavy (non-hydrogen) atoms. The quantitative estimate of drug-likeness (QED) is 0.622. The van der Waals surface area contributed by atoms with E-state index in [1.54, 1.807) is 18.2 Å². The van der Waals surface area contributed by atoms with E-state index >= 15 is 0 Å². The van der Waals surface area contributed by atoms with Crippen molar-refractivity contribution in [2.45, 2.75) is 39.0 Å². The van der Waals surface area contributed by atoms with Gasteiger partial charge in [0.15, 0.2) is 0 Å². The normalized spacial score (nSPS) is 22.5. The van der Waals surface area contributed by atoms with Crippen LogP contribution in [-0.4, -0.2) is 11.5 Å². The molecule has 1 aromatic carbocycles. The molecule has 0 atom stereocenters. The summed E-state index contributed by atoms with van der Waals surface area (Å²) in [5.41, 5.74) is 0.511. The molecule has 0 radical (unpaired) electrons. The summed E-state index contributed by atoms with van der Waals surface area (Å²) in [5.74, 6) is 1.48. The monoisotopic (exact) mass is 296 g/mol. The molecule has 0 bridgehead atoms. The van der Waals surface area contributed by atoms with Gasteiger partial charge in [-0.2, -0.15) is 0 Å². The molecule has 0 aromatic heterocycles. The van der Waals surface area contributed by atoms with E-state index in [9.17, 15) is 10.1 Å². The average Bonchev–Trinajstić information content (AvgIpc) is 2.45. The molecule has 4 nitrogen and oxygen atoms in total. The van der Waals surface area contributed by atoms with Gasteiger partial charge in [0.05, 0.1) is 4.92 Å². The Bertz CT molecular complexity index is 471. The lowest BCUT2D eigenvalue weighted by atomic mass is 9.81. The second-order valence-electron chi connectivity index (χ2n) is 5.57. The van der Waals surface area contributed by atoms with Crippen molar-refractivity contribution in [3.05, 3.63) is 33.3 Å². The summed E-state index contributed by atoms with van der Waals surface area (Å²) < 4.78 is 0. The molecule has 0 amide bonds. The third kappa shape index (κ3) is 3.63. The molecule has 2 rings (SSSR count). The Hall–Kier alpha value is -1.29. The molecule has 1 saturated carbocycles. The summed E-state index contributed by atoms with van der Waals surface area (Å²) in [5, 5.41) is 14.5. The first-order valence-electron chi connectivity index (χ1n) is 7.28. The zero-order valence-electron chi connectivity index (χ0n) is 11.8. The van der Waals surface area contributed by atoms with E-state index in [2.05, 4.69) is 12.2 Å². The van der Waals surface area contributed by atoms with Crippen LogP contribution >= 0.6 is 11.6 Å². The number of nitrogens with zero attached hydrogens (tertiary/aromatic N) is 1. The molecule has 0 aliphatic heterocycles. The number of hydrogen-bond acceptors (Lipinski definition) is 3. The summed E-state index contributed by atoms with van der Waals surface area (Å²) >= 11 is 5.90. The highest BCUT2D eigenvalue weighted by Gasteiger charge is 2.22. The third-order valence-electron chi connectivity index (χ3n) is 4.29. The van der Waals surface area contributed by atoms with Gasteiger partial charge >= 0.3 is 5.69 Å². The first-order valence-corrected chi connectivity index (χ1v) is 7.66. The number of benzene rings is 1. The molecule has 1 fully saturated rings. The van der Waals surface area contributed by atoms with Gasteiger partial charge in [0.25, 0.3) is 0 Å². The Labute approximate surface area is 124 Å². The number of para-hydroxylation sites is 1. The van der Waals surface area contributed by atoms with Crippen LogP contribution in [0.3, 0.4) is 0 Å². The molecule has 0 spiro atoms. The van der Waals surface area contributed by atoms with Gasteiger partial charge in [0.2, 0.25) is 0 Å². The minimum atomic E-state index is -0.418. The number of nitro benzene ring substituents is 1. The maximum Gasteiger partial charge on any atom is 0.310 e. The van der Waals surface area contributed by atoms with Crippen molar-refractivity contribution in [2.75, 3.05) is 11.9 Å². The van der Waals surface area contributed by atoms with E-state index in [0.29, 0.717) is 11.6 Å². The van der Waals surface area contributed by atoms with Crippen LogP contribution in [0.4, 0.5) is 11.4 Å². The number of rotatable bonds is 5. The fourth-order valence-corrected chi connectivity index (χ4v) is 3.19. The molecule has 1 N–H and O–H groups in total. The topological polar surface area (TPSA) is 55.2 Å². The maximum absolute atomic E-state index is 11.1. The number of hydrogen-bond donors (Lipinski definition) is 1. The number of nitrogens with one attached hydrogen (secondary N) is 1. The molecule has 1 aliphatic carbocycles. The smallest absolute Gasteiger partial charge is 0.310 e. The first kappa shape index (κ1) is 15.1. The first-order chi connectivity index (χ1) is 9.61. The van der Waals surface area contributed by atoms with Gasteiger partial charge < -0.3 is 5.32 Å². The fraction of sp³-hybridized carbons (Fsp3) is 0.600. The molecule has 110 valence electrons. The largest absolute Gasteiger partial charge is 0.379 e. The van der Waals surface area contributed by atoms with Crippen LogP contribution in [0.1, 0.15) is 39.0 Å². The van der Waals surface area contributed by atoms with Crippen LogP contribution in [0.15, 0.2) is 18.2 Å². The SMILES string of the molecule is CCC1CCC(CNc2cccc(Cl)c2[N+](=O)[O-])CC1. The number of anilines is 1. The Morgan fingerprint density at radius 1 is 1.30 bits per heavy atom. The number of halogens is 1. The summed E-state index contributed by atoms with van der Waals surface area (Å²) in [6.45, 7) is 3.04. The maximum atomic E-state index is 11.1. The van der Waals surface area contributed by atoms with Gasteiger partial charge in [-0.25, -0.2) is 0 Å². The van der Waals surface area contributed by atoms with Crippen LogP contribution in [0.5, 0.6) is 0 Å². The van der Waals surface area contributed by atoms with Crippen molar-refractivity contribution >= 4 is 23.0 Å². The van der Waals surface area contributed by atoms with E-state index in [0.717, 1.165) is 12.5 Å². The van der Waals surface area contributed by atoms with Gasteiger partial charge in [0.1, 0.15) is 10.7 Å². The van der Waals surface area contributed by atoms with E-state index in [1.165, 1.54) is 32.1 Å². The summed E-state index contributed by atoms with van der Waals surface area (Å²) in [6.07, 6.45) is 6.24. The van der Waals surface area contributed by atoms with E-state index in [4.69, 9.17) is 11.6 Å². The van der Waals surface area contributed by atoms with Crippen LogP contribution in [0.25, 0.3) is 0 Å². The molecule has 5 heteroatoms. The Balaban J connectivity index is 1.95. The Morgan fingerprint density at radius 2 is 1.95 bits per heavy atom. The van der Waals surface area contributed by atoms with Crippen molar-refractivity contribution in [1.82, 2.24) is 0 Å². The zero-order chi connectivity index (χ0) is 14.5. The van der Waals surface area contributed by atoms with Gasteiger partial charge in [-0.3, -0.25) is 10.1 Å². The minimum absolute atomic E-state index is 0.0172. The van der Waals surface area contributed by atoms with Gasteiger partial charge in [0, 0.05) is 6.54 Å². The van der Waals surface area contributed by atoms with Crippen molar-refractivity contribution < 1.29 is 4.92 Å². The van der Waals surface area contributed by atoms with Gasteiger partial charge in [-0.1, -0.05) is 43.9 Å². The van der Waals surface area contributed by atoms with Crippen molar-refractivity contribution in [1.29, 1.82) is 0 Å². The Morgan fingerprint density at radius 3 is 2.55 bits per heavy atom. The van der Waals surface area contributed by atoms with Crippen LogP contribution in [0, 0.1) is 22.0 Å². The van der Waals surface area contributed by atoms with Gasteiger partial charge in [-0.05, 0) is 36.8 Å². The second-order valence-corrected chi connectivity index (χ2v) is 5.98. The third-order valence-corrected chi connectivity index (χ3v) is 4.60. The zero-order valence-corrected chi connectivity index (χ0v) is 12.5. The van der Waals surface area contributed by atoms with E-state index in [1.807, 2.05) is 0 Å². The molecule has 0 saturated heterocycles. The van der Waals surface area contributed by atoms with Gasteiger partial charge in [-0.15, -0.1) is 0 Å². The standard InChI is InChI=1S/C15H21ClN2O2/c1-2-11-6-8-12(9-7-11)10-17-14-5-3-4-13(16)15(14)18(19)20/h3-5,11-12,17H,2,6-10H2,1H3. The lowest BCUT2D eigenvalue weighted by Crippen LogP contribution is -2.21. The molecule has 1 aliphatic rings. The van der Waals surface area contributed by atoms with Crippen LogP contribution in [-0.2, 0) is 0 Å². The number of nitro groups is 1. The minimum Gasteiger partial charge on any atom is -0.379 e. The predicted molar refractivity (Wildman–Crippen MR) is 82.3 cm³/mol. The average molecular weight is 297 g/mol. The highest BCUT2D eigenvalue weighted by atomic mass is 35.5. The summed E-state index contributed by atoms with van der Waals surface area (Å²) in [4.78, 5) is 10.6. The molecular weight excluding hydrogens is 276 g/mol. The predicted octanol–water partition coefficient (Wildman–Crippen LogP) is 4.88. The summed E-state index contributed by atoms with van der Waals surface area (Å²) in [7, 11) is 0. The fourth-order valence-electron chi connectivity index (χ4n) is 2.94. The second kappa shape index (κ2) is 6.93. The molecular formula is C15H21ClN2O2. The molecule has 0 unspecified atom stereocenters. The van der Waals surface area contributed by atoms with Crippen LogP contribution in [0.2, 0.25) is 5.02 Å². The van der Waals surface area contributed by atoms with E-state index < -0.39 is 4.92 Å².